The second-order valence-electron chi connectivity index (χ2n) is 4.92. The largest absolute Gasteiger partial charge is 0.497 e. The zero-order chi connectivity index (χ0) is 15.4. The molecule has 2 aromatic heterocycles. The molecule has 112 valence electrons. The number of aryl methyl sites for hydroxylation is 1. The molecule has 3 aromatic rings. The number of pyridine rings is 1. The Hall–Kier alpha value is -2.82. The first kappa shape index (κ1) is 14.1. The van der Waals surface area contributed by atoms with Gasteiger partial charge in [0.2, 0.25) is 0 Å². The summed E-state index contributed by atoms with van der Waals surface area (Å²) in [5, 5.41) is 3.94. The summed E-state index contributed by atoms with van der Waals surface area (Å²) in [7, 11) is 3.61. The average molecular weight is 297 g/mol. The fraction of sp³-hybridized carbons (Fsp3) is 0.176. The Labute approximate surface area is 128 Å². The summed E-state index contributed by atoms with van der Waals surface area (Å²) >= 11 is 0. The van der Waals surface area contributed by atoms with Crippen molar-refractivity contribution in [1.82, 2.24) is 5.16 Å². The van der Waals surface area contributed by atoms with E-state index in [0.717, 1.165) is 16.9 Å². The number of rotatable bonds is 5. The number of hydrogen-bond donors (Lipinski definition) is 0. The number of benzene rings is 1. The molecule has 0 fully saturated rings. The summed E-state index contributed by atoms with van der Waals surface area (Å²) < 4.78 is 18.0. The molecule has 1 aromatic carbocycles. The van der Waals surface area contributed by atoms with Gasteiger partial charge >= 0.3 is 0 Å². The lowest BCUT2D eigenvalue weighted by Crippen LogP contribution is -2.25. The topological polar surface area (TPSA) is 48.4 Å². The predicted molar refractivity (Wildman–Crippen MR) is 80.4 cm³/mol. The van der Waals surface area contributed by atoms with E-state index in [1.165, 1.54) is 0 Å². The first-order chi connectivity index (χ1) is 10.7. The Bertz CT molecular complexity index is 733. The Morgan fingerprint density at radius 1 is 1.09 bits per heavy atom. The lowest BCUT2D eigenvalue weighted by molar-refractivity contribution is -0.671. The molecule has 0 bridgehead atoms. The van der Waals surface area contributed by atoms with E-state index in [9.17, 15) is 0 Å². The molecular weight excluding hydrogens is 280 g/mol. The normalized spacial score (nSPS) is 10.5. The van der Waals surface area contributed by atoms with Crippen LogP contribution in [0.5, 0.6) is 11.6 Å². The van der Waals surface area contributed by atoms with E-state index in [0.29, 0.717) is 18.2 Å². The minimum atomic E-state index is 0.430. The molecule has 0 spiro atoms. The molecule has 0 aliphatic heterocycles. The van der Waals surface area contributed by atoms with Crippen molar-refractivity contribution in [1.29, 1.82) is 0 Å². The van der Waals surface area contributed by atoms with Crippen LogP contribution in [0.2, 0.25) is 0 Å². The smallest absolute Gasteiger partial charge is 0.255 e. The molecule has 22 heavy (non-hydrogen) atoms. The van der Waals surface area contributed by atoms with Crippen LogP contribution >= 0.6 is 0 Å². The van der Waals surface area contributed by atoms with Crippen molar-refractivity contribution in [2.24, 2.45) is 7.05 Å². The standard InChI is InChI=1S/C17H17N2O3/c1-19-9-7-14(8-10-19)16-11-17(18-22-16)21-12-13-3-5-15(20-2)6-4-13/h3-11H,12H2,1-2H3/q+1. The highest BCUT2D eigenvalue weighted by Crippen LogP contribution is 2.23. The third-order valence-electron chi connectivity index (χ3n) is 3.30. The van der Waals surface area contributed by atoms with Gasteiger partial charge in [-0.1, -0.05) is 12.1 Å². The van der Waals surface area contributed by atoms with E-state index in [1.807, 2.05) is 60.4 Å². The van der Waals surface area contributed by atoms with Gasteiger partial charge in [0.25, 0.3) is 5.88 Å². The van der Waals surface area contributed by atoms with Gasteiger partial charge < -0.3 is 14.0 Å². The van der Waals surface area contributed by atoms with Crippen LogP contribution in [0.4, 0.5) is 0 Å². The van der Waals surface area contributed by atoms with Crippen LogP contribution in [0.15, 0.2) is 59.4 Å². The van der Waals surface area contributed by atoms with Crippen LogP contribution in [0, 0.1) is 0 Å². The predicted octanol–water partition coefficient (Wildman–Crippen LogP) is 2.75. The van der Waals surface area contributed by atoms with Crippen LogP contribution in [0.1, 0.15) is 5.56 Å². The molecule has 5 nitrogen and oxygen atoms in total. The molecule has 5 heteroatoms. The van der Waals surface area contributed by atoms with Crippen LogP contribution in [0.25, 0.3) is 11.3 Å². The van der Waals surface area contributed by atoms with Crippen LogP contribution < -0.4 is 14.0 Å². The minimum Gasteiger partial charge on any atom is -0.497 e. The summed E-state index contributed by atoms with van der Waals surface area (Å²) in [6, 6.07) is 13.4. The van der Waals surface area contributed by atoms with Gasteiger partial charge in [-0.25, -0.2) is 4.57 Å². The van der Waals surface area contributed by atoms with E-state index in [1.54, 1.807) is 13.2 Å². The maximum Gasteiger partial charge on any atom is 0.255 e. The molecule has 0 radical (unpaired) electrons. The van der Waals surface area contributed by atoms with Crippen LogP contribution in [0.3, 0.4) is 0 Å². The molecule has 0 saturated carbocycles. The van der Waals surface area contributed by atoms with Crippen molar-refractivity contribution in [2.75, 3.05) is 7.11 Å². The molecule has 0 atom stereocenters. The van der Waals surface area contributed by atoms with Gasteiger partial charge in [0.05, 0.1) is 7.11 Å². The molecule has 0 aliphatic rings. The second kappa shape index (κ2) is 6.30. The number of ether oxygens (including phenoxy) is 2. The Morgan fingerprint density at radius 2 is 1.82 bits per heavy atom. The van der Waals surface area contributed by atoms with E-state index >= 15 is 0 Å². The quantitative estimate of drug-likeness (QED) is 0.679. The van der Waals surface area contributed by atoms with Crippen molar-refractivity contribution in [3.05, 3.63) is 60.4 Å². The van der Waals surface area contributed by atoms with Crippen molar-refractivity contribution in [3.8, 4) is 23.0 Å². The highest BCUT2D eigenvalue weighted by molar-refractivity contribution is 5.56. The van der Waals surface area contributed by atoms with Gasteiger partial charge in [-0.2, -0.15) is 0 Å². The van der Waals surface area contributed by atoms with Crippen molar-refractivity contribution in [2.45, 2.75) is 6.61 Å². The molecule has 3 rings (SSSR count). The van der Waals surface area contributed by atoms with Gasteiger partial charge in [0.15, 0.2) is 18.2 Å². The average Bonchev–Trinajstić information content (AvgIpc) is 3.03. The number of aromatic nitrogens is 2. The van der Waals surface area contributed by atoms with E-state index in [4.69, 9.17) is 14.0 Å². The maximum absolute atomic E-state index is 5.64. The molecule has 0 saturated heterocycles. The summed E-state index contributed by atoms with van der Waals surface area (Å²) in [5.74, 6) is 1.98. The third-order valence-corrected chi connectivity index (χ3v) is 3.30. The fourth-order valence-corrected chi connectivity index (χ4v) is 2.01. The molecular formula is C17H17N2O3+. The summed E-state index contributed by atoms with van der Waals surface area (Å²) in [4.78, 5) is 0. The Morgan fingerprint density at radius 3 is 2.50 bits per heavy atom. The zero-order valence-corrected chi connectivity index (χ0v) is 12.5. The second-order valence-corrected chi connectivity index (χ2v) is 4.92. The Balaban J connectivity index is 1.65. The van der Waals surface area contributed by atoms with E-state index in [-0.39, 0.29) is 0 Å². The van der Waals surface area contributed by atoms with Crippen molar-refractivity contribution < 1.29 is 18.6 Å². The molecule has 0 unspecified atom stereocenters. The maximum atomic E-state index is 5.64. The number of hydrogen-bond acceptors (Lipinski definition) is 4. The minimum absolute atomic E-state index is 0.430. The summed E-state index contributed by atoms with van der Waals surface area (Å²) in [5.41, 5.74) is 2.00. The van der Waals surface area contributed by atoms with Crippen LogP contribution in [-0.2, 0) is 13.7 Å². The van der Waals surface area contributed by atoms with Crippen molar-refractivity contribution in [3.63, 3.8) is 0 Å². The highest BCUT2D eigenvalue weighted by atomic mass is 16.5. The monoisotopic (exact) mass is 297 g/mol. The first-order valence-corrected chi connectivity index (χ1v) is 6.93. The zero-order valence-electron chi connectivity index (χ0n) is 12.5. The highest BCUT2D eigenvalue weighted by Gasteiger charge is 2.09. The molecule has 2 heterocycles. The Kier molecular flexibility index (Phi) is 4.05. The van der Waals surface area contributed by atoms with Gasteiger partial charge in [0, 0.05) is 23.8 Å². The molecule has 0 N–H and O–H groups in total. The lowest BCUT2D eigenvalue weighted by atomic mass is 10.2. The van der Waals surface area contributed by atoms with E-state index < -0.39 is 0 Å². The van der Waals surface area contributed by atoms with E-state index in [2.05, 4.69) is 5.16 Å². The third kappa shape index (κ3) is 3.25. The van der Waals surface area contributed by atoms with Crippen molar-refractivity contribution >= 4 is 0 Å². The number of nitrogens with zero attached hydrogens (tertiary/aromatic N) is 2. The summed E-state index contributed by atoms with van der Waals surface area (Å²) in [6.07, 6.45) is 3.91. The van der Waals surface area contributed by atoms with Crippen LogP contribution in [-0.4, -0.2) is 12.3 Å². The van der Waals surface area contributed by atoms with Gasteiger partial charge in [-0.15, -0.1) is 0 Å². The first-order valence-electron chi connectivity index (χ1n) is 6.93. The number of methoxy groups -OCH3 is 1. The van der Waals surface area contributed by atoms with Gasteiger partial charge in [-0.3, -0.25) is 0 Å². The summed E-state index contributed by atoms with van der Waals surface area (Å²) in [6.45, 7) is 0.430. The van der Waals surface area contributed by atoms with Gasteiger partial charge in [0.1, 0.15) is 19.4 Å². The SMILES string of the molecule is COc1ccc(COc2cc(-c3cc[n+](C)cc3)on2)cc1. The van der Waals surface area contributed by atoms with Gasteiger partial charge in [-0.05, 0) is 22.9 Å². The molecule has 0 aliphatic carbocycles. The molecule has 0 amide bonds. The fourth-order valence-electron chi connectivity index (χ4n) is 2.01. The lowest BCUT2D eigenvalue weighted by Gasteiger charge is -2.03.